The molecule has 3 aromatic rings. The first-order valence-corrected chi connectivity index (χ1v) is 8.01. The zero-order valence-electron chi connectivity index (χ0n) is 13.4. The summed E-state index contributed by atoms with van der Waals surface area (Å²) in [4.78, 5) is 11.6. The van der Waals surface area contributed by atoms with Crippen molar-refractivity contribution in [2.24, 2.45) is 0 Å². The molecular weight excluding hydrogens is 332 g/mol. The Bertz CT molecular complexity index is 881. The smallest absolute Gasteiger partial charge is 0.374 e. The van der Waals surface area contributed by atoms with Crippen LogP contribution in [0.15, 0.2) is 28.0 Å². The second-order valence-electron chi connectivity index (χ2n) is 5.05. The number of aryl methyl sites for hydroxylation is 2. The summed E-state index contributed by atoms with van der Waals surface area (Å²) in [5.74, 6) is 6.58. The lowest BCUT2D eigenvalue weighted by atomic mass is 10.3. The molecule has 10 heteroatoms. The molecule has 3 aromatic heterocycles. The highest BCUT2D eigenvalue weighted by Crippen LogP contribution is 2.24. The van der Waals surface area contributed by atoms with E-state index in [2.05, 4.69) is 20.0 Å². The van der Waals surface area contributed by atoms with Crippen LogP contribution in [0.4, 0.5) is 0 Å². The van der Waals surface area contributed by atoms with Gasteiger partial charge in [-0.2, -0.15) is 5.10 Å². The molecule has 9 nitrogen and oxygen atoms in total. The number of aromatic nitrogens is 5. The van der Waals surface area contributed by atoms with Crippen LogP contribution < -0.4 is 5.84 Å². The Balaban J connectivity index is 1.79. The molecule has 0 atom stereocenters. The number of carbonyl (C=O) groups is 1. The molecule has 0 spiro atoms. The van der Waals surface area contributed by atoms with E-state index in [1.807, 2.05) is 19.9 Å². The molecule has 0 saturated heterocycles. The number of nitrogens with two attached hydrogens (primary N) is 1. The lowest BCUT2D eigenvalue weighted by Gasteiger charge is -2.05. The number of rotatable bonds is 5. The summed E-state index contributed by atoms with van der Waals surface area (Å²) in [6.45, 7) is 3.80. The van der Waals surface area contributed by atoms with Crippen LogP contribution in [0.5, 0.6) is 0 Å². The van der Waals surface area contributed by atoms with Gasteiger partial charge in [-0.25, -0.2) is 14.2 Å². The van der Waals surface area contributed by atoms with Crippen molar-refractivity contribution in [3.05, 3.63) is 41.1 Å². The van der Waals surface area contributed by atoms with Gasteiger partial charge >= 0.3 is 5.97 Å². The third-order valence-corrected chi connectivity index (χ3v) is 4.31. The number of thioether (sulfide) groups is 1. The van der Waals surface area contributed by atoms with Gasteiger partial charge in [0.2, 0.25) is 10.9 Å². The quantitative estimate of drug-likeness (QED) is 0.419. The number of furan rings is 1. The molecule has 0 aliphatic rings. The summed E-state index contributed by atoms with van der Waals surface area (Å²) < 4.78 is 12.8. The minimum Gasteiger partial charge on any atom is -0.463 e. The molecule has 0 fully saturated rings. The summed E-state index contributed by atoms with van der Waals surface area (Å²) in [6, 6.07) is 3.63. The predicted octanol–water partition coefficient (Wildman–Crippen LogP) is 1.47. The van der Waals surface area contributed by atoms with Crippen molar-refractivity contribution >= 4 is 17.7 Å². The van der Waals surface area contributed by atoms with Gasteiger partial charge in [-0.3, -0.25) is 0 Å². The van der Waals surface area contributed by atoms with Gasteiger partial charge in [0.1, 0.15) is 0 Å². The molecule has 3 heterocycles. The Kier molecular flexibility index (Phi) is 4.30. The zero-order valence-corrected chi connectivity index (χ0v) is 14.2. The van der Waals surface area contributed by atoms with Gasteiger partial charge in [-0.1, -0.05) is 11.8 Å². The summed E-state index contributed by atoms with van der Waals surface area (Å²) in [5.41, 5.74) is 2.47. The molecule has 0 bridgehead atoms. The molecule has 3 rings (SSSR count). The topological polar surface area (TPSA) is 114 Å². The number of ether oxygens (including phenoxy) is 1. The number of hydrogen-bond acceptors (Lipinski definition) is 8. The maximum Gasteiger partial charge on any atom is 0.374 e. The summed E-state index contributed by atoms with van der Waals surface area (Å²) in [5, 5.41) is 13.0. The molecular formula is C14H16N6O3S. The second-order valence-corrected chi connectivity index (χ2v) is 5.99. The van der Waals surface area contributed by atoms with Crippen LogP contribution in [0.2, 0.25) is 0 Å². The fraction of sp³-hybridized carbons (Fsp3) is 0.286. The van der Waals surface area contributed by atoms with E-state index in [-0.39, 0.29) is 5.76 Å². The van der Waals surface area contributed by atoms with Crippen molar-refractivity contribution < 1.29 is 13.9 Å². The summed E-state index contributed by atoms with van der Waals surface area (Å²) in [7, 11) is 1.30. The third kappa shape index (κ3) is 2.87. The lowest BCUT2D eigenvalue weighted by Crippen LogP contribution is -2.17. The minimum atomic E-state index is -0.520. The fourth-order valence-electron chi connectivity index (χ4n) is 2.21. The molecule has 0 radical (unpaired) electrons. The van der Waals surface area contributed by atoms with Crippen molar-refractivity contribution in [1.82, 2.24) is 24.7 Å². The largest absolute Gasteiger partial charge is 0.463 e. The van der Waals surface area contributed by atoms with Gasteiger partial charge in [0.25, 0.3) is 5.95 Å². The Morgan fingerprint density at radius 2 is 2.21 bits per heavy atom. The predicted molar refractivity (Wildman–Crippen MR) is 86.4 cm³/mol. The SMILES string of the molecule is COC(=O)c1occc1CSc1nnc(-n2nc(C)cc2C)n1N. The lowest BCUT2D eigenvalue weighted by molar-refractivity contribution is 0.0564. The molecule has 0 unspecified atom stereocenters. The Morgan fingerprint density at radius 1 is 1.42 bits per heavy atom. The van der Waals surface area contributed by atoms with Crippen LogP contribution >= 0.6 is 11.8 Å². The molecule has 0 saturated carbocycles. The highest BCUT2D eigenvalue weighted by atomic mass is 32.2. The molecule has 24 heavy (non-hydrogen) atoms. The molecule has 0 aliphatic heterocycles. The van der Waals surface area contributed by atoms with E-state index in [9.17, 15) is 4.79 Å². The third-order valence-electron chi connectivity index (χ3n) is 3.32. The van der Waals surface area contributed by atoms with Gasteiger partial charge in [0, 0.05) is 17.0 Å². The van der Waals surface area contributed by atoms with Crippen LogP contribution in [0.25, 0.3) is 5.95 Å². The Morgan fingerprint density at radius 3 is 2.88 bits per heavy atom. The van der Waals surface area contributed by atoms with E-state index in [1.165, 1.54) is 29.8 Å². The van der Waals surface area contributed by atoms with Crippen molar-refractivity contribution in [3.8, 4) is 5.95 Å². The molecule has 0 aliphatic carbocycles. The van der Waals surface area contributed by atoms with Crippen LogP contribution in [-0.2, 0) is 10.5 Å². The normalized spacial score (nSPS) is 11.0. The molecule has 0 aromatic carbocycles. The number of methoxy groups -OCH3 is 1. The zero-order chi connectivity index (χ0) is 17.3. The second kappa shape index (κ2) is 6.40. The van der Waals surface area contributed by atoms with Crippen LogP contribution in [0, 0.1) is 13.8 Å². The minimum absolute atomic E-state index is 0.173. The van der Waals surface area contributed by atoms with E-state index < -0.39 is 5.97 Å². The van der Waals surface area contributed by atoms with Gasteiger partial charge in [-0.05, 0) is 26.0 Å². The Hall–Kier alpha value is -2.75. The average Bonchev–Trinajstić information content (AvgIpc) is 3.24. The number of carbonyl (C=O) groups excluding carboxylic acids is 1. The van der Waals surface area contributed by atoms with Crippen molar-refractivity contribution in [2.45, 2.75) is 24.8 Å². The number of hydrogen-bond donors (Lipinski definition) is 1. The Labute approximate surface area is 141 Å². The van der Waals surface area contributed by atoms with Crippen molar-refractivity contribution in [3.63, 3.8) is 0 Å². The van der Waals surface area contributed by atoms with E-state index in [0.29, 0.717) is 22.4 Å². The average molecular weight is 348 g/mol. The van der Waals surface area contributed by atoms with Crippen LogP contribution in [0.1, 0.15) is 27.5 Å². The number of esters is 1. The van der Waals surface area contributed by atoms with Crippen molar-refractivity contribution in [2.75, 3.05) is 13.0 Å². The van der Waals surface area contributed by atoms with Crippen LogP contribution in [-0.4, -0.2) is 37.7 Å². The van der Waals surface area contributed by atoms with Gasteiger partial charge in [0.15, 0.2) is 0 Å². The standard InChI is InChI=1S/C14H16N6O3S/c1-8-6-9(2)20(18-8)13-16-17-14(19(13)15)24-7-10-4-5-23-11(10)12(21)22-3/h4-6H,7,15H2,1-3H3. The molecule has 0 amide bonds. The van der Waals surface area contributed by atoms with Crippen molar-refractivity contribution in [1.29, 1.82) is 0 Å². The van der Waals surface area contributed by atoms with Crippen LogP contribution in [0.3, 0.4) is 0 Å². The maximum absolute atomic E-state index is 11.6. The first kappa shape index (κ1) is 16.1. The highest BCUT2D eigenvalue weighted by Gasteiger charge is 2.19. The number of nitrogen functional groups attached to an aromatic ring is 1. The summed E-state index contributed by atoms with van der Waals surface area (Å²) >= 11 is 1.33. The first-order chi connectivity index (χ1) is 11.5. The van der Waals surface area contributed by atoms with E-state index in [0.717, 1.165) is 11.4 Å². The van der Waals surface area contributed by atoms with Gasteiger partial charge in [0.05, 0.1) is 19.1 Å². The maximum atomic E-state index is 11.6. The summed E-state index contributed by atoms with van der Waals surface area (Å²) in [6.07, 6.45) is 1.44. The van der Waals surface area contributed by atoms with Gasteiger partial charge in [-0.15, -0.1) is 10.2 Å². The van der Waals surface area contributed by atoms with E-state index in [1.54, 1.807) is 10.7 Å². The fourth-order valence-corrected chi connectivity index (χ4v) is 3.04. The monoisotopic (exact) mass is 348 g/mol. The first-order valence-electron chi connectivity index (χ1n) is 7.03. The van der Waals surface area contributed by atoms with Gasteiger partial charge < -0.3 is 15.0 Å². The van der Waals surface area contributed by atoms with E-state index in [4.69, 9.17) is 10.3 Å². The van der Waals surface area contributed by atoms with E-state index >= 15 is 0 Å². The molecule has 126 valence electrons. The highest BCUT2D eigenvalue weighted by molar-refractivity contribution is 7.98. The number of nitrogens with zero attached hydrogens (tertiary/aromatic N) is 5. The molecule has 2 N–H and O–H groups in total.